The van der Waals surface area contributed by atoms with Gasteiger partial charge in [-0.2, -0.15) is 0 Å². The minimum Gasteiger partial charge on any atom is -0.478 e. The van der Waals surface area contributed by atoms with E-state index in [2.05, 4.69) is 10.3 Å². The molecule has 2 heterocycles. The molecule has 0 amide bonds. The van der Waals surface area contributed by atoms with Gasteiger partial charge in [0, 0.05) is 12.3 Å². The van der Waals surface area contributed by atoms with Crippen LogP contribution in [0.1, 0.15) is 41.4 Å². The molecule has 1 aromatic rings. The maximum atomic E-state index is 11.3. The second-order valence-corrected chi connectivity index (χ2v) is 5.09. The van der Waals surface area contributed by atoms with Crippen LogP contribution in [0.4, 0.5) is 5.82 Å². The Labute approximate surface area is 113 Å². The topological polar surface area (TPSA) is 71.5 Å². The lowest BCUT2D eigenvalue weighted by atomic mass is 10.1. The van der Waals surface area contributed by atoms with Crippen molar-refractivity contribution < 1.29 is 14.6 Å². The predicted octanol–water partition coefficient (Wildman–Crippen LogP) is 2.38. The van der Waals surface area contributed by atoms with E-state index >= 15 is 0 Å². The molecule has 0 radical (unpaired) electrons. The van der Waals surface area contributed by atoms with Gasteiger partial charge in [-0.25, -0.2) is 9.78 Å². The van der Waals surface area contributed by atoms with Crippen LogP contribution in [-0.2, 0) is 4.74 Å². The highest BCUT2D eigenvalue weighted by molar-refractivity contribution is 5.94. The van der Waals surface area contributed by atoms with Crippen LogP contribution < -0.4 is 5.32 Å². The average molecular weight is 264 g/mol. The van der Waals surface area contributed by atoms with Crippen LogP contribution in [-0.4, -0.2) is 34.8 Å². The molecule has 2 atom stereocenters. The zero-order valence-corrected chi connectivity index (χ0v) is 11.6. The Balaban J connectivity index is 2.25. The number of hydrogen-bond acceptors (Lipinski definition) is 4. The number of carboxylic acids is 1. The lowest BCUT2D eigenvalue weighted by Gasteiger charge is -2.22. The molecule has 0 aliphatic carbocycles. The fourth-order valence-electron chi connectivity index (χ4n) is 2.52. The number of pyridine rings is 1. The summed E-state index contributed by atoms with van der Waals surface area (Å²) in [5.41, 5.74) is 1.78. The number of aromatic carboxylic acids is 1. The third-order valence-corrected chi connectivity index (χ3v) is 3.45. The number of carbonyl (C=O) groups is 1. The standard InChI is InChI=1S/C14H20N2O3/c1-8-7-9(2)15-13(12(8)14(17)18)16-10(3)11-5-4-6-19-11/h7,10-11H,4-6H2,1-3H3,(H,15,16)(H,17,18). The second-order valence-electron chi connectivity index (χ2n) is 5.09. The van der Waals surface area contributed by atoms with Crippen molar-refractivity contribution in [2.24, 2.45) is 0 Å². The number of aryl methyl sites for hydroxylation is 2. The monoisotopic (exact) mass is 264 g/mol. The molecule has 19 heavy (non-hydrogen) atoms. The summed E-state index contributed by atoms with van der Waals surface area (Å²) in [7, 11) is 0. The molecule has 1 aromatic heterocycles. The molecule has 0 spiro atoms. The number of nitrogens with zero attached hydrogens (tertiary/aromatic N) is 1. The largest absolute Gasteiger partial charge is 0.478 e. The van der Waals surface area contributed by atoms with Crippen molar-refractivity contribution in [3.8, 4) is 0 Å². The quantitative estimate of drug-likeness (QED) is 0.873. The van der Waals surface area contributed by atoms with E-state index in [0.717, 1.165) is 30.7 Å². The van der Waals surface area contributed by atoms with E-state index < -0.39 is 5.97 Å². The number of nitrogens with one attached hydrogen (secondary N) is 1. The molecule has 0 bridgehead atoms. The Bertz CT molecular complexity index is 482. The van der Waals surface area contributed by atoms with E-state index in [4.69, 9.17) is 4.74 Å². The smallest absolute Gasteiger partial charge is 0.339 e. The molecule has 0 saturated carbocycles. The summed E-state index contributed by atoms with van der Waals surface area (Å²) in [6.45, 7) is 6.43. The fourth-order valence-corrected chi connectivity index (χ4v) is 2.52. The number of ether oxygens (including phenoxy) is 1. The molecule has 1 aliphatic heterocycles. The summed E-state index contributed by atoms with van der Waals surface area (Å²) >= 11 is 0. The first-order valence-corrected chi connectivity index (χ1v) is 6.58. The molecule has 104 valence electrons. The Hall–Kier alpha value is -1.62. The van der Waals surface area contributed by atoms with Crippen LogP contribution in [0.15, 0.2) is 6.07 Å². The van der Waals surface area contributed by atoms with Crippen molar-refractivity contribution in [1.82, 2.24) is 4.98 Å². The molecular formula is C14H20N2O3. The van der Waals surface area contributed by atoms with Crippen molar-refractivity contribution in [2.45, 2.75) is 45.8 Å². The maximum absolute atomic E-state index is 11.3. The van der Waals surface area contributed by atoms with E-state index in [1.807, 2.05) is 13.8 Å². The third-order valence-electron chi connectivity index (χ3n) is 3.45. The van der Waals surface area contributed by atoms with Gasteiger partial charge >= 0.3 is 5.97 Å². The first-order valence-electron chi connectivity index (χ1n) is 6.58. The maximum Gasteiger partial charge on any atom is 0.339 e. The van der Waals surface area contributed by atoms with Gasteiger partial charge in [-0.3, -0.25) is 0 Å². The zero-order chi connectivity index (χ0) is 14.0. The first kappa shape index (κ1) is 13.8. The molecule has 1 aliphatic rings. The van der Waals surface area contributed by atoms with Crippen molar-refractivity contribution >= 4 is 11.8 Å². The van der Waals surface area contributed by atoms with Gasteiger partial charge in [0.2, 0.25) is 0 Å². The van der Waals surface area contributed by atoms with E-state index in [9.17, 15) is 9.90 Å². The van der Waals surface area contributed by atoms with Gasteiger partial charge in [0.1, 0.15) is 11.4 Å². The highest BCUT2D eigenvalue weighted by Gasteiger charge is 2.24. The van der Waals surface area contributed by atoms with Gasteiger partial charge in [0.25, 0.3) is 0 Å². The molecule has 1 fully saturated rings. The Morgan fingerprint density at radius 3 is 2.89 bits per heavy atom. The van der Waals surface area contributed by atoms with E-state index in [1.54, 1.807) is 13.0 Å². The molecule has 2 N–H and O–H groups in total. The number of rotatable bonds is 4. The minimum absolute atomic E-state index is 0.0503. The van der Waals surface area contributed by atoms with Gasteiger partial charge in [-0.05, 0) is 45.2 Å². The molecule has 2 unspecified atom stereocenters. The predicted molar refractivity (Wildman–Crippen MR) is 72.7 cm³/mol. The number of hydrogen-bond donors (Lipinski definition) is 2. The molecule has 2 rings (SSSR count). The minimum atomic E-state index is -0.952. The van der Waals surface area contributed by atoms with E-state index in [0.29, 0.717) is 5.82 Å². The van der Waals surface area contributed by atoms with Crippen molar-refractivity contribution in [2.75, 3.05) is 11.9 Å². The van der Waals surface area contributed by atoms with Gasteiger partial charge in [0.15, 0.2) is 0 Å². The summed E-state index contributed by atoms with van der Waals surface area (Å²) in [6.07, 6.45) is 2.19. The summed E-state index contributed by atoms with van der Waals surface area (Å²) < 4.78 is 5.61. The van der Waals surface area contributed by atoms with Crippen LogP contribution >= 0.6 is 0 Å². The van der Waals surface area contributed by atoms with Gasteiger partial charge in [-0.1, -0.05) is 0 Å². The summed E-state index contributed by atoms with van der Waals surface area (Å²) in [6, 6.07) is 1.83. The highest BCUT2D eigenvalue weighted by Crippen LogP contribution is 2.23. The Morgan fingerprint density at radius 2 is 2.32 bits per heavy atom. The first-order chi connectivity index (χ1) is 8.99. The average Bonchev–Trinajstić information content (AvgIpc) is 2.80. The third kappa shape index (κ3) is 3.04. The SMILES string of the molecule is Cc1cc(C)c(C(=O)O)c(NC(C)C2CCCO2)n1. The summed E-state index contributed by atoms with van der Waals surface area (Å²) in [4.78, 5) is 15.7. The van der Waals surface area contributed by atoms with E-state index in [-0.39, 0.29) is 17.7 Å². The van der Waals surface area contributed by atoms with Crippen LogP contribution in [0.2, 0.25) is 0 Å². The molecule has 0 aromatic carbocycles. The van der Waals surface area contributed by atoms with Crippen molar-refractivity contribution in [3.05, 3.63) is 22.9 Å². The second kappa shape index (κ2) is 5.57. The van der Waals surface area contributed by atoms with Crippen LogP contribution in [0.5, 0.6) is 0 Å². The zero-order valence-electron chi connectivity index (χ0n) is 11.6. The van der Waals surface area contributed by atoms with Crippen LogP contribution in [0.25, 0.3) is 0 Å². The number of carboxylic acid groups (broad SMARTS) is 1. The van der Waals surface area contributed by atoms with E-state index in [1.165, 1.54) is 0 Å². The van der Waals surface area contributed by atoms with Gasteiger partial charge in [0.05, 0.1) is 12.1 Å². The van der Waals surface area contributed by atoms with Crippen LogP contribution in [0.3, 0.4) is 0 Å². The molecular weight excluding hydrogens is 244 g/mol. The summed E-state index contributed by atoms with van der Waals surface area (Å²) in [5, 5.41) is 12.5. The number of anilines is 1. The van der Waals surface area contributed by atoms with Crippen LogP contribution in [0, 0.1) is 13.8 Å². The molecule has 1 saturated heterocycles. The van der Waals surface area contributed by atoms with Gasteiger partial charge in [-0.15, -0.1) is 0 Å². The lowest BCUT2D eigenvalue weighted by molar-refractivity contribution is 0.0696. The summed E-state index contributed by atoms with van der Waals surface area (Å²) in [5.74, 6) is -0.514. The van der Waals surface area contributed by atoms with Crippen molar-refractivity contribution in [3.63, 3.8) is 0 Å². The highest BCUT2D eigenvalue weighted by atomic mass is 16.5. The fraction of sp³-hybridized carbons (Fsp3) is 0.571. The van der Waals surface area contributed by atoms with Gasteiger partial charge < -0.3 is 15.2 Å². The molecule has 5 nitrogen and oxygen atoms in total. The lowest BCUT2D eigenvalue weighted by Crippen LogP contribution is -2.31. The molecule has 5 heteroatoms. The normalized spacial score (nSPS) is 20.3. The van der Waals surface area contributed by atoms with Crippen molar-refractivity contribution in [1.29, 1.82) is 0 Å². The Morgan fingerprint density at radius 1 is 1.58 bits per heavy atom. The number of aromatic nitrogens is 1. The Kier molecular flexibility index (Phi) is 4.04.